The molecule has 3 rings (SSSR count). The molecule has 2 heteroatoms. The largest absolute Gasteiger partial charge is 0.464 e. The number of cyclic esters (lactones) is 1. The van der Waals surface area contributed by atoms with Crippen LogP contribution in [0.4, 0.5) is 0 Å². The van der Waals surface area contributed by atoms with Crippen LogP contribution in [-0.2, 0) is 9.53 Å². The average molecular weight is 292 g/mol. The van der Waals surface area contributed by atoms with Gasteiger partial charge in [0, 0.05) is 0 Å². The number of hydrogen-bond donors (Lipinski definition) is 0. The normalized spacial score (nSPS) is 40.4. The van der Waals surface area contributed by atoms with E-state index in [9.17, 15) is 4.79 Å². The van der Waals surface area contributed by atoms with Gasteiger partial charge in [-0.2, -0.15) is 0 Å². The second kappa shape index (κ2) is 7.15. The van der Waals surface area contributed by atoms with Crippen molar-refractivity contribution in [2.75, 3.05) is 6.61 Å². The lowest BCUT2D eigenvalue weighted by Gasteiger charge is -2.41. The third-order valence-corrected chi connectivity index (χ3v) is 6.62. The summed E-state index contributed by atoms with van der Waals surface area (Å²) in [5.41, 5.74) is 0. The van der Waals surface area contributed by atoms with Crippen molar-refractivity contribution in [3.63, 3.8) is 0 Å². The Morgan fingerprint density at radius 1 is 0.905 bits per heavy atom. The number of carbonyl (C=O) groups is 1. The Balaban J connectivity index is 1.38. The van der Waals surface area contributed by atoms with E-state index < -0.39 is 0 Å². The van der Waals surface area contributed by atoms with Gasteiger partial charge in [0.2, 0.25) is 0 Å². The van der Waals surface area contributed by atoms with Crippen molar-refractivity contribution in [3.8, 4) is 0 Å². The quantitative estimate of drug-likeness (QED) is 0.669. The lowest BCUT2D eigenvalue weighted by atomic mass is 9.66. The minimum atomic E-state index is 0.0786. The van der Waals surface area contributed by atoms with E-state index in [-0.39, 0.29) is 11.9 Å². The molecular formula is C19H32O2. The molecule has 0 radical (unpaired) electrons. The van der Waals surface area contributed by atoms with Crippen LogP contribution in [0.5, 0.6) is 0 Å². The highest BCUT2D eigenvalue weighted by Gasteiger charge is 2.40. The SMILES string of the molecule is CCCCC1CCC(C2CCC(C3COC3=O)CC2)CC1. The molecule has 0 bridgehead atoms. The number of carbonyl (C=O) groups excluding carboxylic acids is 1. The lowest BCUT2D eigenvalue weighted by Crippen LogP contribution is -2.42. The molecule has 21 heavy (non-hydrogen) atoms. The van der Waals surface area contributed by atoms with E-state index in [2.05, 4.69) is 6.92 Å². The van der Waals surface area contributed by atoms with Crippen LogP contribution in [0.3, 0.4) is 0 Å². The Morgan fingerprint density at radius 3 is 1.95 bits per heavy atom. The molecule has 1 saturated heterocycles. The molecular weight excluding hydrogens is 260 g/mol. The Labute approximate surface area is 130 Å². The molecule has 0 aromatic heterocycles. The minimum Gasteiger partial charge on any atom is -0.464 e. The Bertz CT molecular complexity index is 335. The monoisotopic (exact) mass is 292 g/mol. The highest BCUT2D eigenvalue weighted by Crippen LogP contribution is 2.44. The van der Waals surface area contributed by atoms with Gasteiger partial charge < -0.3 is 4.74 Å². The van der Waals surface area contributed by atoms with Gasteiger partial charge in [-0.25, -0.2) is 0 Å². The molecule has 1 aliphatic heterocycles. The van der Waals surface area contributed by atoms with Crippen molar-refractivity contribution < 1.29 is 9.53 Å². The molecule has 0 aromatic rings. The molecule has 0 N–H and O–H groups in total. The zero-order valence-electron chi connectivity index (χ0n) is 13.7. The zero-order chi connectivity index (χ0) is 14.7. The summed E-state index contributed by atoms with van der Waals surface area (Å²) in [6.07, 6.45) is 15.5. The fraction of sp³-hybridized carbons (Fsp3) is 0.947. The van der Waals surface area contributed by atoms with Crippen molar-refractivity contribution in [2.24, 2.45) is 29.6 Å². The van der Waals surface area contributed by atoms with Gasteiger partial charge in [0.05, 0.1) is 5.92 Å². The lowest BCUT2D eigenvalue weighted by molar-refractivity contribution is -0.174. The van der Waals surface area contributed by atoms with E-state index in [1.54, 1.807) is 0 Å². The first-order valence-electron chi connectivity index (χ1n) is 9.44. The topological polar surface area (TPSA) is 26.3 Å². The summed E-state index contributed by atoms with van der Waals surface area (Å²) in [6.45, 7) is 3.01. The van der Waals surface area contributed by atoms with Gasteiger partial charge >= 0.3 is 5.97 Å². The summed E-state index contributed by atoms with van der Waals surface area (Å²) in [7, 11) is 0. The highest BCUT2D eigenvalue weighted by molar-refractivity contribution is 5.77. The summed E-state index contributed by atoms with van der Waals surface area (Å²) in [4.78, 5) is 11.4. The number of hydrogen-bond acceptors (Lipinski definition) is 2. The van der Waals surface area contributed by atoms with Gasteiger partial charge in [0.25, 0.3) is 0 Å². The van der Waals surface area contributed by atoms with Crippen LogP contribution in [-0.4, -0.2) is 12.6 Å². The molecule has 1 unspecified atom stereocenters. The zero-order valence-corrected chi connectivity index (χ0v) is 13.7. The molecule has 2 aliphatic carbocycles. The molecule has 120 valence electrons. The first-order chi connectivity index (χ1) is 10.3. The maximum Gasteiger partial charge on any atom is 0.312 e. The third-order valence-electron chi connectivity index (χ3n) is 6.62. The van der Waals surface area contributed by atoms with Crippen molar-refractivity contribution in [1.29, 1.82) is 0 Å². The van der Waals surface area contributed by atoms with Gasteiger partial charge in [-0.1, -0.05) is 39.0 Å². The van der Waals surface area contributed by atoms with Crippen molar-refractivity contribution in [2.45, 2.75) is 77.6 Å². The molecule has 2 saturated carbocycles. The van der Waals surface area contributed by atoms with Gasteiger partial charge in [0.1, 0.15) is 6.61 Å². The average Bonchev–Trinajstić information content (AvgIpc) is 2.53. The van der Waals surface area contributed by atoms with Gasteiger partial charge in [0.15, 0.2) is 0 Å². The number of unbranched alkanes of at least 4 members (excludes halogenated alkanes) is 1. The van der Waals surface area contributed by atoms with Crippen molar-refractivity contribution in [3.05, 3.63) is 0 Å². The van der Waals surface area contributed by atoms with E-state index in [0.29, 0.717) is 12.5 Å². The van der Waals surface area contributed by atoms with Gasteiger partial charge in [-0.3, -0.25) is 4.79 Å². The summed E-state index contributed by atoms with van der Waals surface area (Å²) in [5.74, 6) is 3.97. The molecule has 1 atom stereocenters. The molecule has 2 nitrogen and oxygen atoms in total. The first-order valence-corrected chi connectivity index (χ1v) is 9.44. The minimum absolute atomic E-state index is 0.0786. The maximum absolute atomic E-state index is 11.4. The van der Waals surface area contributed by atoms with Crippen LogP contribution in [0.2, 0.25) is 0 Å². The molecule has 0 aromatic carbocycles. The van der Waals surface area contributed by atoms with Gasteiger partial charge in [-0.05, 0) is 62.2 Å². The Kier molecular flexibility index (Phi) is 5.24. The van der Waals surface area contributed by atoms with E-state index in [4.69, 9.17) is 4.74 Å². The van der Waals surface area contributed by atoms with E-state index >= 15 is 0 Å². The summed E-state index contributed by atoms with van der Waals surface area (Å²) < 4.78 is 4.94. The van der Waals surface area contributed by atoms with Crippen molar-refractivity contribution in [1.82, 2.24) is 0 Å². The highest BCUT2D eigenvalue weighted by atomic mass is 16.6. The van der Waals surface area contributed by atoms with Crippen LogP contribution in [0.25, 0.3) is 0 Å². The standard InChI is InChI=1S/C19H32O2/c1-2-3-4-14-5-7-15(8-6-14)16-9-11-17(12-10-16)18-13-21-19(18)20/h14-18H,2-13H2,1H3. The van der Waals surface area contributed by atoms with E-state index in [1.807, 2.05) is 0 Å². The summed E-state index contributed by atoms with van der Waals surface area (Å²) >= 11 is 0. The van der Waals surface area contributed by atoms with Crippen LogP contribution in [0.1, 0.15) is 77.6 Å². The van der Waals surface area contributed by atoms with E-state index in [0.717, 1.165) is 17.8 Å². The van der Waals surface area contributed by atoms with E-state index in [1.165, 1.54) is 70.6 Å². The number of ether oxygens (including phenoxy) is 1. The number of esters is 1. The smallest absolute Gasteiger partial charge is 0.312 e. The fourth-order valence-corrected chi connectivity index (χ4v) is 5.04. The summed E-state index contributed by atoms with van der Waals surface area (Å²) in [5, 5.41) is 0. The van der Waals surface area contributed by atoms with Crippen LogP contribution in [0, 0.1) is 29.6 Å². The molecule has 3 aliphatic rings. The second-order valence-electron chi connectivity index (χ2n) is 7.83. The molecule has 0 spiro atoms. The summed E-state index contributed by atoms with van der Waals surface area (Å²) in [6, 6.07) is 0. The second-order valence-corrected chi connectivity index (χ2v) is 7.83. The van der Waals surface area contributed by atoms with Crippen LogP contribution in [0.15, 0.2) is 0 Å². The third kappa shape index (κ3) is 3.63. The number of rotatable bonds is 5. The maximum atomic E-state index is 11.4. The molecule has 0 amide bonds. The predicted octanol–water partition coefficient (Wildman–Crippen LogP) is 4.96. The van der Waals surface area contributed by atoms with Crippen LogP contribution < -0.4 is 0 Å². The van der Waals surface area contributed by atoms with Crippen molar-refractivity contribution >= 4 is 5.97 Å². The Hall–Kier alpha value is -0.530. The fourth-order valence-electron chi connectivity index (χ4n) is 5.04. The predicted molar refractivity (Wildman–Crippen MR) is 84.9 cm³/mol. The first kappa shape index (κ1) is 15.4. The molecule has 1 heterocycles. The Morgan fingerprint density at radius 2 is 1.48 bits per heavy atom. The van der Waals surface area contributed by atoms with Gasteiger partial charge in [-0.15, -0.1) is 0 Å². The van der Waals surface area contributed by atoms with Crippen LogP contribution >= 0.6 is 0 Å². The molecule has 3 fully saturated rings.